The lowest BCUT2D eigenvalue weighted by molar-refractivity contribution is -0.386. The van der Waals surface area contributed by atoms with Crippen LogP contribution in [0.5, 0.6) is 5.88 Å². The Balaban J connectivity index is 3.21. The van der Waals surface area contributed by atoms with Crippen LogP contribution in [0, 0.1) is 16.3 Å². The largest absolute Gasteiger partial charge is 0.476 e. The van der Waals surface area contributed by atoms with Gasteiger partial charge in [0.25, 0.3) is 5.88 Å². The van der Waals surface area contributed by atoms with E-state index in [9.17, 15) is 10.1 Å². The highest BCUT2D eigenvalue weighted by Gasteiger charge is 2.15. The number of hydrogen-bond acceptors (Lipinski definition) is 5. The smallest absolute Gasteiger partial charge is 0.333 e. The van der Waals surface area contributed by atoms with Gasteiger partial charge >= 0.3 is 5.69 Å². The number of aromatic nitrogens is 1. The minimum Gasteiger partial charge on any atom is -0.476 e. The van der Waals surface area contributed by atoms with Crippen LogP contribution in [0.15, 0.2) is 6.07 Å². The number of anilines is 1. The summed E-state index contributed by atoms with van der Waals surface area (Å²) in [6.07, 6.45) is 2.34. The molecule has 6 heteroatoms. The lowest BCUT2D eigenvalue weighted by Gasteiger charge is -1.99. The Kier molecular flexibility index (Phi) is 2.09. The first-order valence-corrected chi connectivity index (χ1v) is 3.01. The summed E-state index contributed by atoms with van der Waals surface area (Å²) in [6.45, 7) is 0. The van der Waals surface area contributed by atoms with Crippen LogP contribution >= 0.6 is 0 Å². The number of nitrogen functional groups attached to an aromatic ring is 1. The van der Waals surface area contributed by atoms with Crippen LogP contribution in [-0.2, 0) is 0 Å². The van der Waals surface area contributed by atoms with Crippen molar-refractivity contribution in [3.63, 3.8) is 0 Å². The van der Waals surface area contributed by atoms with Gasteiger partial charge < -0.3 is 10.5 Å². The Bertz CT molecular complexity index is 313. The number of rotatable bonds is 2. The highest BCUT2D eigenvalue weighted by Crippen LogP contribution is 2.24. The van der Waals surface area contributed by atoms with Crippen LogP contribution in [0.2, 0.25) is 0 Å². The maximum Gasteiger partial charge on any atom is 0.333 e. The zero-order chi connectivity index (χ0) is 9.14. The number of ether oxygens (including phenoxy) is 1. The Morgan fingerprint density at radius 3 is 3.00 bits per heavy atom. The summed E-state index contributed by atoms with van der Waals surface area (Å²) in [6, 6.07) is 1.14. The van der Waals surface area contributed by atoms with Crippen LogP contribution in [0.3, 0.4) is 0 Å². The molecule has 0 aliphatic carbocycles. The molecule has 0 saturated heterocycles. The lowest BCUT2D eigenvalue weighted by atomic mass is 10.4. The van der Waals surface area contributed by atoms with Gasteiger partial charge in [-0.15, -0.1) is 0 Å². The first-order chi connectivity index (χ1) is 5.65. The minimum absolute atomic E-state index is 0.0887. The molecule has 1 aromatic heterocycles. The van der Waals surface area contributed by atoms with E-state index in [0.29, 0.717) is 0 Å². The number of nitro groups is 1. The molecule has 0 unspecified atom stereocenters. The van der Waals surface area contributed by atoms with E-state index in [-0.39, 0.29) is 17.3 Å². The van der Waals surface area contributed by atoms with E-state index in [4.69, 9.17) is 5.73 Å². The molecule has 1 rings (SSSR count). The summed E-state index contributed by atoms with van der Waals surface area (Å²) in [4.78, 5) is 13.2. The number of methoxy groups -OCH3 is 1. The summed E-state index contributed by atoms with van der Waals surface area (Å²) in [5.74, 6) is -0.0887. The van der Waals surface area contributed by atoms with Crippen LogP contribution in [0.25, 0.3) is 0 Å². The third kappa shape index (κ3) is 1.42. The normalized spacial score (nSPS) is 9.42. The molecule has 0 amide bonds. The average Bonchev–Trinajstić information content (AvgIpc) is 2.04. The summed E-state index contributed by atoms with van der Waals surface area (Å²) in [5, 5.41) is 10.3. The van der Waals surface area contributed by atoms with Gasteiger partial charge in [-0.1, -0.05) is 0 Å². The minimum atomic E-state index is -0.615. The average molecular weight is 168 g/mol. The van der Waals surface area contributed by atoms with E-state index in [2.05, 4.69) is 15.9 Å². The third-order valence-electron chi connectivity index (χ3n) is 1.19. The Morgan fingerprint density at radius 1 is 1.83 bits per heavy atom. The fourth-order valence-electron chi connectivity index (χ4n) is 0.695. The quantitative estimate of drug-likeness (QED) is 0.509. The third-order valence-corrected chi connectivity index (χ3v) is 1.19. The molecule has 0 saturated carbocycles. The molecule has 0 spiro atoms. The predicted molar refractivity (Wildman–Crippen MR) is 40.7 cm³/mol. The van der Waals surface area contributed by atoms with Crippen molar-refractivity contribution >= 4 is 11.4 Å². The van der Waals surface area contributed by atoms with Crippen LogP contribution in [0.4, 0.5) is 11.4 Å². The second-order valence-corrected chi connectivity index (χ2v) is 1.97. The highest BCUT2D eigenvalue weighted by molar-refractivity contribution is 5.50. The second kappa shape index (κ2) is 3.04. The standard InChI is InChI=1S/C6H6N3O3/c1-12-6-5(9(10)11)2-4(7)3-8-6/h2H,7H2,1H3. The maximum absolute atomic E-state index is 10.3. The zero-order valence-corrected chi connectivity index (χ0v) is 6.27. The van der Waals surface area contributed by atoms with E-state index in [1.165, 1.54) is 7.11 Å². The monoisotopic (exact) mass is 168 g/mol. The fraction of sp³-hybridized carbons (Fsp3) is 0.167. The number of hydrogen-bond donors (Lipinski definition) is 1. The van der Waals surface area contributed by atoms with Gasteiger partial charge in [-0.25, -0.2) is 4.98 Å². The van der Waals surface area contributed by atoms with Crippen molar-refractivity contribution in [2.24, 2.45) is 0 Å². The molecule has 1 heterocycles. The molecular formula is C6H6N3O3. The second-order valence-electron chi connectivity index (χ2n) is 1.97. The van der Waals surface area contributed by atoms with Crippen LogP contribution in [0.1, 0.15) is 0 Å². The van der Waals surface area contributed by atoms with Gasteiger partial charge in [0.05, 0.1) is 17.7 Å². The molecule has 0 aliphatic heterocycles. The molecule has 1 radical (unpaired) electrons. The summed E-state index contributed by atoms with van der Waals surface area (Å²) in [5.41, 5.74) is 5.10. The van der Waals surface area contributed by atoms with Crippen LogP contribution in [-0.4, -0.2) is 17.0 Å². The molecule has 0 aliphatic rings. The van der Waals surface area contributed by atoms with Crippen molar-refractivity contribution < 1.29 is 9.66 Å². The molecule has 12 heavy (non-hydrogen) atoms. The van der Waals surface area contributed by atoms with Crippen molar-refractivity contribution in [2.75, 3.05) is 12.8 Å². The first kappa shape index (κ1) is 8.25. The number of pyridine rings is 1. The summed E-state index contributed by atoms with van der Waals surface area (Å²) in [7, 11) is 1.29. The van der Waals surface area contributed by atoms with E-state index in [1.807, 2.05) is 0 Å². The number of nitrogens with zero attached hydrogens (tertiary/aromatic N) is 2. The fourth-order valence-corrected chi connectivity index (χ4v) is 0.695. The van der Waals surface area contributed by atoms with E-state index >= 15 is 0 Å². The molecule has 63 valence electrons. The molecular weight excluding hydrogens is 162 g/mol. The first-order valence-electron chi connectivity index (χ1n) is 3.01. The predicted octanol–water partition coefficient (Wildman–Crippen LogP) is 0.381. The van der Waals surface area contributed by atoms with Crippen molar-refractivity contribution in [1.29, 1.82) is 0 Å². The zero-order valence-electron chi connectivity index (χ0n) is 6.27. The molecule has 0 bridgehead atoms. The number of nitrogens with two attached hydrogens (primary N) is 1. The van der Waals surface area contributed by atoms with Crippen molar-refractivity contribution in [3.05, 3.63) is 22.4 Å². The van der Waals surface area contributed by atoms with Crippen molar-refractivity contribution in [3.8, 4) is 5.88 Å². The van der Waals surface area contributed by atoms with Gasteiger partial charge in [0.15, 0.2) is 0 Å². The summed E-state index contributed by atoms with van der Waals surface area (Å²) < 4.78 is 4.62. The molecule has 0 fully saturated rings. The molecule has 1 aromatic rings. The SMILES string of the molecule is COc1n[c]c(N)cc1[N+](=O)[O-]. The molecule has 0 atom stereocenters. The van der Waals surface area contributed by atoms with Gasteiger partial charge in [-0.2, -0.15) is 0 Å². The Labute approximate surface area is 68.1 Å². The van der Waals surface area contributed by atoms with E-state index < -0.39 is 4.92 Å². The molecule has 0 aromatic carbocycles. The van der Waals surface area contributed by atoms with E-state index in [0.717, 1.165) is 6.07 Å². The lowest BCUT2D eigenvalue weighted by Crippen LogP contribution is -1.98. The Morgan fingerprint density at radius 2 is 2.50 bits per heavy atom. The topological polar surface area (TPSA) is 91.3 Å². The Hall–Kier alpha value is -1.85. The summed E-state index contributed by atoms with van der Waals surface area (Å²) >= 11 is 0. The molecule has 6 nitrogen and oxygen atoms in total. The van der Waals surface area contributed by atoms with Gasteiger partial charge in [0.2, 0.25) is 0 Å². The van der Waals surface area contributed by atoms with Gasteiger partial charge in [0.1, 0.15) is 6.20 Å². The highest BCUT2D eigenvalue weighted by atomic mass is 16.6. The van der Waals surface area contributed by atoms with Gasteiger partial charge in [-0.05, 0) is 0 Å². The van der Waals surface area contributed by atoms with E-state index in [1.54, 1.807) is 0 Å². The van der Waals surface area contributed by atoms with Gasteiger partial charge in [0, 0.05) is 6.07 Å². The maximum atomic E-state index is 10.3. The van der Waals surface area contributed by atoms with Crippen LogP contribution < -0.4 is 10.5 Å². The van der Waals surface area contributed by atoms with Crippen molar-refractivity contribution in [1.82, 2.24) is 4.98 Å². The van der Waals surface area contributed by atoms with Gasteiger partial charge in [-0.3, -0.25) is 10.1 Å². The van der Waals surface area contributed by atoms with Crippen molar-refractivity contribution in [2.45, 2.75) is 0 Å². The molecule has 2 N–H and O–H groups in total.